The standard InChI is InChI=1S/C19H30N4O/c1-19(18(24)22-16-8-3-4-9-16)10-6-12-23(14-19)13-15-7-5-11-21-17(15)20-2/h5,7,11,16H,3-4,6,8-10,12-14H2,1-2H3,(H,20,21)(H,22,24)/t19-/m1/s1. The molecule has 1 aliphatic heterocycles. The van der Waals surface area contributed by atoms with Crippen LogP contribution < -0.4 is 10.6 Å². The minimum absolute atomic E-state index is 0.249. The maximum absolute atomic E-state index is 12.8. The van der Waals surface area contributed by atoms with Gasteiger partial charge in [-0.25, -0.2) is 4.98 Å². The first-order valence-corrected chi connectivity index (χ1v) is 9.26. The SMILES string of the molecule is CNc1ncccc1CN1CCC[C@@](C)(C(=O)NC2CCCC2)C1. The fourth-order valence-electron chi connectivity index (χ4n) is 4.13. The molecule has 2 fully saturated rings. The van der Waals surface area contributed by atoms with Crippen LogP contribution in [0.2, 0.25) is 0 Å². The summed E-state index contributed by atoms with van der Waals surface area (Å²) in [6.07, 6.45) is 8.66. The number of hydrogen-bond donors (Lipinski definition) is 2. The zero-order valence-electron chi connectivity index (χ0n) is 15.0. The Morgan fingerprint density at radius 1 is 1.38 bits per heavy atom. The summed E-state index contributed by atoms with van der Waals surface area (Å²) in [5, 5.41) is 6.47. The van der Waals surface area contributed by atoms with Crippen molar-refractivity contribution in [1.82, 2.24) is 15.2 Å². The quantitative estimate of drug-likeness (QED) is 0.872. The van der Waals surface area contributed by atoms with Crippen LogP contribution in [0.5, 0.6) is 0 Å². The predicted octanol–water partition coefficient (Wildman–Crippen LogP) is 2.78. The molecule has 1 amide bonds. The number of hydrogen-bond acceptors (Lipinski definition) is 4. The molecule has 5 nitrogen and oxygen atoms in total. The third kappa shape index (κ3) is 3.89. The number of nitrogens with zero attached hydrogens (tertiary/aromatic N) is 2. The smallest absolute Gasteiger partial charge is 0.227 e. The van der Waals surface area contributed by atoms with Gasteiger partial charge in [-0.05, 0) is 45.2 Å². The number of carbonyl (C=O) groups excluding carboxylic acids is 1. The Hall–Kier alpha value is -1.62. The van der Waals surface area contributed by atoms with Crippen LogP contribution >= 0.6 is 0 Å². The summed E-state index contributed by atoms with van der Waals surface area (Å²) in [7, 11) is 1.90. The van der Waals surface area contributed by atoms with Crippen molar-refractivity contribution in [2.75, 3.05) is 25.5 Å². The lowest BCUT2D eigenvalue weighted by Gasteiger charge is -2.40. The van der Waals surface area contributed by atoms with Crippen molar-refractivity contribution in [3.8, 4) is 0 Å². The number of likely N-dealkylation sites (tertiary alicyclic amines) is 1. The topological polar surface area (TPSA) is 57.3 Å². The van der Waals surface area contributed by atoms with E-state index in [0.29, 0.717) is 6.04 Å². The summed E-state index contributed by atoms with van der Waals surface area (Å²) in [6.45, 7) is 4.84. The van der Waals surface area contributed by atoms with E-state index in [1.807, 2.05) is 19.3 Å². The fraction of sp³-hybridized carbons (Fsp3) is 0.684. The summed E-state index contributed by atoms with van der Waals surface area (Å²) in [4.78, 5) is 19.6. The molecule has 0 spiro atoms. The monoisotopic (exact) mass is 330 g/mol. The Morgan fingerprint density at radius 2 is 2.17 bits per heavy atom. The second-order valence-corrected chi connectivity index (χ2v) is 7.59. The molecule has 1 aromatic rings. The summed E-state index contributed by atoms with van der Waals surface area (Å²) < 4.78 is 0. The summed E-state index contributed by atoms with van der Waals surface area (Å²) in [6, 6.07) is 4.49. The van der Waals surface area contributed by atoms with Crippen molar-refractivity contribution in [2.24, 2.45) is 5.41 Å². The number of carbonyl (C=O) groups is 1. The van der Waals surface area contributed by atoms with Gasteiger partial charge in [-0.1, -0.05) is 18.9 Å². The van der Waals surface area contributed by atoms with E-state index in [9.17, 15) is 4.79 Å². The van der Waals surface area contributed by atoms with Gasteiger partial charge in [-0.2, -0.15) is 0 Å². The maximum atomic E-state index is 12.8. The molecule has 0 aromatic carbocycles. The molecule has 3 rings (SSSR count). The number of pyridine rings is 1. The van der Waals surface area contributed by atoms with Gasteiger partial charge in [0.15, 0.2) is 0 Å². The number of aromatic nitrogens is 1. The van der Waals surface area contributed by atoms with Crippen molar-refractivity contribution in [3.63, 3.8) is 0 Å². The molecule has 1 saturated heterocycles. The Bertz CT molecular complexity index is 570. The van der Waals surface area contributed by atoms with Crippen LogP contribution in [0.3, 0.4) is 0 Å². The average Bonchev–Trinajstić information content (AvgIpc) is 3.08. The van der Waals surface area contributed by atoms with Crippen LogP contribution in [0.25, 0.3) is 0 Å². The number of nitrogens with one attached hydrogen (secondary N) is 2. The molecular weight excluding hydrogens is 300 g/mol. The van der Waals surface area contributed by atoms with Crippen molar-refractivity contribution < 1.29 is 4.79 Å². The first kappa shape index (κ1) is 17.2. The van der Waals surface area contributed by atoms with Crippen LogP contribution in [0.1, 0.15) is 51.0 Å². The van der Waals surface area contributed by atoms with Crippen molar-refractivity contribution in [2.45, 2.75) is 58.0 Å². The predicted molar refractivity (Wildman–Crippen MR) is 96.8 cm³/mol. The second-order valence-electron chi connectivity index (χ2n) is 7.59. The van der Waals surface area contributed by atoms with E-state index in [2.05, 4.69) is 33.5 Å². The lowest BCUT2D eigenvalue weighted by molar-refractivity contribution is -0.134. The molecular formula is C19H30N4O. The number of rotatable bonds is 5. The van der Waals surface area contributed by atoms with Crippen molar-refractivity contribution in [3.05, 3.63) is 23.9 Å². The van der Waals surface area contributed by atoms with Gasteiger partial charge in [0, 0.05) is 37.9 Å². The molecule has 0 radical (unpaired) electrons. The first-order valence-electron chi connectivity index (χ1n) is 9.26. The molecule has 0 unspecified atom stereocenters. The Morgan fingerprint density at radius 3 is 2.92 bits per heavy atom. The summed E-state index contributed by atoms with van der Waals surface area (Å²) >= 11 is 0. The lowest BCUT2D eigenvalue weighted by Crippen LogP contribution is -2.51. The number of amides is 1. The third-order valence-corrected chi connectivity index (χ3v) is 5.54. The van der Waals surface area contributed by atoms with E-state index in [1.165, 1.54) is 18.4 Å². The van der Waals surface area contributed by atoms with Gasteiger partial charge in [-0.15, -0.1) is 0 Å². The van der Waals surface area contributed by atoms with Crippen molar-refractivity contribution >= 4 is 11.7 Å². The molecule has 1 saturated carbocycles. The summed E-state index contributed by atoms with van der Waals surface area (Å²) in [5.41, 5.74) is 0.920. The van der Waals surface area contributed by atoms with Crippen LogP contribution in [-0.4, -0.2) is 42.0 Å². The van der Waals surface area contributed by atoms with E-state index in [1.54, 1.807) is 0 Å². The highest BCUT2D eigenvalue weighted by Gasteiger charge is 2.38. The zero-order chi connectivity index (χ0) is 17.0. The van der Waals surface area contributed by atoms with Gasteiger partial charge in [-0.3, -0.25) is 9.69 Å². The van der Waals surface area contributed by atoms with Gasteiger partial charge in [0.25, 0.3) is 0 Å². The minimum Gasteiger partial charge on any atom is -0.373 e. The molecule has 2 N–H and O–H groups in total. The largest absolute Gasteiger partial charge is 0.373 e. The molecule has 1 aromatic heterocycles. The average molecular weight is 330 g/mol. The molecule has 0 bridgehead atoms. The van der Waals surface area contributed by atoms with Crippen LogP contribution in [-0.2, 0) is 11.3 Å². The molecule has 5 heteroatoms. The normalized spacial score (nSPS) is 25.6. The van der Waals surface area contributed by atoms with Gasteiger partial charge >= 0.3 is 0 Å². The number of anilines is 1. The van der Waals surface area contributed by atoms with Gasteiger partial charge in [0.1, 0.15) is 5.82 Å². The highest BCUT2D eigenvalue weighted by atomic mass is 16.2. The summed E-state index contributed by atoms with van der Waals surface area (Å²) in [5.74, 6) is 1.18. The minimum atomic E-state index is -0.275. The fourth-order valence-corrected chi connectivity index (χ4v) is 4.13. The third-order valence-electron chi connectivity index (χ3n) is 5.54. The Balaban J connectivity index is 1.63. The Labute approximate surface area is 145 Å². The van der Waals surface area contributed by atoms with Gasteiger partial charge in [0.05, 0.1) is 5.41 Å². The number of piperidine rings is 1. The van der Waals surface area contributed by atoms with Gasteiger partial charge < -0.3 is 10.6 Å². The maximum Gasteiger partial charge on any atom is 0.227 e. The van der Waals surface area contributed by atoms with E-state index in [-0.39, 0.29) is 11.3 Å². The first-order chi connectivity index (χ1) is 11.6. The van der Waals surface area contributed by atoms with E-state index in [4.69, 9.17) is 0 Å². The highest BCUT2D eigenvalue weighted by molar-refractivity contribution is 5.83. The zero-order valence-corrected chi connectivity index (χ0v) is 15.0. The molecule has 24 heavy (non-hydrogen) atoms. The van der Waals surface area contributed by atoms with E-state index >= 15 is 0 Å². The van der Waals surface area contributed by atoms with Crippen molar-refractivity contribution in [1.29, 1.82) is 0 Å². The van der Waals surface area contributed by atoms with Gasteiger partial charge in [0.2, 0.25) is 5.91 Å². The highest BCUT2D eigenvalue weighted by Crippen LogP contribution is 2.32. The van der Waals surface area contributed by atoms with Crippen LogP contribution in [0.4, 0.5) is 5.82 Å². The van der Waals surface area contributed by atoms with Crippen LogP contribution in [0.15, 0.2) is 18.3 Å². The van der Waals surface area contributed by atoms with Crippen LogP contribution in [0, 0.1) is 5.41 Å². The molecule has 1 atom stereocenters. The van der Waals surface area contributed by atoms with E-state index < -0.39 is 0 Å². The Kier molecular flexibility index (Phi) is 5.39. The lowest BCUT2D eigenvalue weighted by atomic mass is 9.80. The second kappa shape index (κ2) is 7.51. The van der Waals surface area contributed by atoms with E-state index in [0.717, 1.165) is 51.1 Å². The molecule has 1 aliphatic carbocycles. The molecule has 2 heterocycles. The molecule has 132 valence electrons. The molecule has 2 aliphatic rings.